The highest BCUT2D eigenvalue weighted by molar-refractivity contribution is 6.32. The van der Waals surface area contributed by atoms with Crippen LogP contribution >= 0.6 is 11.6 Å². The van der Waals surface area contributed by atoms with Gasteiger partial charge in [0.05, 0.1) is 17.6 Å². The molecule has 1 aliphatic rings. The molecule has 3 aromatic rings. The maximum atomic E-state index is 12.1. The van der Waals surface area contributed by atoms with E-state index in [0.717, 1.165) is 64.7 Å². The molecule has 1 aliphatic heterocycles. The number of halogens is 1. The Hall–Kier alpha value is -2.53. The summed E-state index contributed by atoms with van der Waals surface area (Å²) in [6, 6.07) is 12.2. The van der Waals surface area contributed by atoms with Crippen LogP contribution in [0.2, 0.25) is 5.02 Å². The van der Waals surface area contributed by atoms with E-state index in [9.17, 15) is 4.79 Å². The Morgan fingerprint density at radius 3 is 2.60 bits per heavy atom. The standard InChI is InChI=1S/C24H28ClN3O2/c1-16-12-19(13-17(2)23(16)25)30-11-7-6-10-28-21-9-5-4-8-20(21)26-24(28)18-14-22(29)27(3)15-18/h4-5,8-9,12-13,18H,6-7,10-11,14-15H2,1-3H3. The van der Waals surface area contributed by atoms with E-state index < -0.39 is 0 Å². The van der Waals surface area contributed by atoms with Crippen LogP contribution in [0.15, 0.2) is 36.4 Å². The number of hydrogen-bond acceptors (Lipinski definition) is 3. The van der Waals surface area contributed by atoms with Crippen molar-refractivity contribution in [3.05, 3.63) is 58.4 Å². The third-order valence-electron chi connectivity index (χ3n) is 5.84. The summed E-state index contributed by atoms with van der Waals surface area (Å²) < 4.78 is 8.25. The molecule has 0 radical (unpaired) electrons. The normalized spacial score (nSPS) is 16.6. The molecule has 0 N–H and O–H groups in total. The summed E-state index contributed by atoms with van der Waals surface area (Å²) in [7, 11) is 1.87. The van der Waals surface area contributed by atoms with Crippen LogP contribution in [0, 0.1) is 13.8 Å². The Kier molecular flexibility index (Phi) is 6.00. The topological polar surface area (TPSA) is 47.4 Å². The minimum atomic E-state index is 0.158. The van der Waals surface area contributed by atoms with Gasteiger partial charge < -0.3 is 14.2 Å². The van der Waals surface area contributed by atoms with Crippen molar-refractivity contribution >= 4 is 28.5 Å². The fraction of sp³-hybridized carbons (Fsp3) is 0.417. The first-order valence-corrected chi connectivity index (χ1v) is 10.9. The second-order valence-electron chi connectivity index (χ2n) is 8.21. The summed E-state index contributed by atoms with van der Waals surface area (Å²) >= 11 is 6.24. The van der Waals surface area contributed by atoms with Gasteiger partial charge in [-0.05, 0) is 62.1 Å². The van der Waals surface area contributed by atoms with E-state index in [1.165, 1.54) is 0 Å². The van der Waals surface area contributed by atoms with Crippen LogP contribution in [0.1, 0.15) is 42.1 Å². The van der Waals surface area contributed by atoms with Crippen molar-refractivity contribution in [2.75, 3.05) is 20.2 Å². The molecule has 2 heterocycles. The van der Waals surface area contributed by atoms with Crippen LogP contribution in [-0.2, 0) is 11.3 Å². The quantitative estimate of drug-likeness (QED) is 0.494. The van der Waals surface area contributed by atoms with Gasteiger partial charge in [0, 0.05) is 37.5 Å². The number of aryl methyl sites for hydroxylation is 3. The number of nitrogens with zero attached hydrogens (tertiary/aromatic N) is 3. The molecule has 6 heteroatoms. The molecular formula is C24H28ClN3O2. The molecule has 0 saturated carbocycles. The number of rotatable bonds is 7. The lowest BCUT2D eigenvalue weighted by Gasteiger charge is -2.14. The number of ether oxygens (including phenoxy) is 1. The molecule has 4 rings (SSSR count). The number of imidazole rings is 1. The van der Waals surface area contributed by atoms with Gasteiger partial charge >= 0.3 is 0 Å². The molecule has 158 valence electrons. The maximum Gasteiger partial charge on any atom is 0.223 e. The number of likely N-dealkylation sites (tertiary alicyclic amines) is 1. The highest BCUT2D eigenvalue weighted by Crippen LogP contribution is 2.30. The molecule has 1 unspecified atom stereocenters. The highest BCUT2D eigenvalue weighted by Gasteiger charge is 2.31. The van der Waals surface area contributed by atoms with E-state index in [1.54, 1.807) is 4.90 Å². The lowest BCUT2D eigenvalue weighted by Crippen LogP contribution is -2.19. The number of unbranched alkanes of at least 4 members (excludes halogenated alkanes) is 1. The van der Waals surface area contributed by atoms with Crippen LogP contribution in [0.4, 0.5) is 0 Å². The van der Waals surface area contributed by atoms with E-state index in [4.69, 9.17) is 21.3 Å². The minimum absolute atomic E-state index is 0.158. The molecular weight excluding hydrogens is 398 g/mol. The fourth-order valence-electron chi connectivity index (χ4n) is 4.23. The van der Waals surface area contributed by atoms with E-state index in [-0.39, 0.29) is 11.8 Å². The van der Waals surface area contributed by atoms with Crippen LogP contribution in [0.25, 0.3) is 11.0 Å². The molecule has 30 heavy (non-hydrogen) atoms. The van der Waals surface area contributed by atoms with Crippen molar-refractivity contribution in [2.24, 2.45) is 0 Å². The van der Waals surface area contributed by atoms with Gasteiger partial charge in [0.1, 0.15) is 11.6 Å². The summed E-state index contributed by atoms with van der Waals surface area (Å²) in [6.07, 6.45) is 2.46. The Bertz CT molecular complexity index is 1050. The summed E-state index contributed by atoms with van der Waals surface area (Å²) in [5, 5.41) is 0.804. The summed E-state index contributed by atoms with van der Waals surface area (Å²) in [4.78, 5) is 18.7. The third-order valence-corrected chi connectivity index (χ3v) is 6.44. The summed E-state index contributed by atoms with van der Waals surface area (Å²) in [6.45, 7) is 6.26. The van der Waals surface area contributed by atoms with Crippen LogP contribution < -0.4 is 4.74 Å². The molecule has 0 bridgehead atoms. The second-order valence-corrected chi connectivity index (χ2v) is 8.59. The molecule has 0 aliphatic carbocycles. The number of hydrogen-bond donors (Lipinski definition) is 0. The van der Waals surface area contributed by atoms with Gasteiger partial charge in [-0.2, -0.15) is 0 Å². The molecule has 1 atom stereocenters. The van der Waals surface area contributed by atoms with Crippen molar-refractivity contribution in [1.29, 1.82) is 0 Å². The van der Waals surface area contributed by atoms with E-state index in [2.05, 4.69) is 10.6 Å². The van der Waals surface area contributed by atoms with E-state index >= 15 is 0 Å². The van der Waals surface area contributed by atoms with Crippen molar-refractivity contribution in [2.45, 2.75) is 45.6 Å². The van der Waals surface area contributed by atoms with E-state index in [0.29, 0.717) is 13.0 Å². The van der Waals surface area contributed by atoms with Gasteiger partial charge in [-0.3, -0.25) is 4.79 Å². The van der Waals surface area contributed by atoms with Gasteiger partial charge in [-0.25, -0.2) is 4.98 Å². The SMILES string of the molecule is Cc1cc(OCCCCn2c(C3CC(=O)N(C)C3)nc3ccccc32)cc(C)c1Cl. The highest BCUT2D eigenvalue weighted by atomic mass is 35.5. The first kappa shape index (κ1) is 20.7. The Labute approximate surface area is 182 Å². The predicted molar refractivity (Wildman–Crippen MR) is 120 cm³/mol. The fourth-order valence-corrected chi connectivity index (χ4v) is 4.34. The van der Waals surface area contributed by atoms with Gasteiger partial charge in [-0.15, -0.1) is 0 Å². The smallest absolute Gasteiger partial charge is 0.223 e. The Morgan fingerprint density at radius 1 is 1.17 bits per heavy atom. The number of fused-ring (bicyclic) bond motifs is 1. The molecule has 1 fully saturated rings. The van der Waals surface area contributed by atoms with Crippen LogP contribution in [0.3, 0.4) is 0 Å². The maximum absolute atomic E-state index is 12.1. The Balaban J connectivity index is 1.41. The molecule has 5 nitrogen and oxygen atoms in total. The van der Waals surface area contributed by atoms with Crippen LogP contribution in [-0.4, -0.2) is 40.6 Å². The average molecular weight is 426 g/mol. The minimum Gasteiger partial charge on any atom is -0.494 e. The summed E-state index contributed by atoms with van der Waals surface area (Å²) in [5.41, 5.74) is 4.21. The number of likely N-dealkylation sites (N-methyl/N-ethyl adjacent to an activating group) is 1. The van der Waals surface area contributed by atoms with Gasteiger partial charge in [0.2, 0.25) is 5.91 Å². The zero-order chi connectivity index (χ0) is 21.3. The molecule has 1 saturated heterocycles. The molecule has 1 aromatic heterocycles. The molecule has 0 spiro atoms. The lowest BCUT2D eigenvalue weighted by molar-refractivity contribution is -0.126. The van der Waals surface area contributed by atoms with Crippen molar-refractivity contribution in [3.63, 3.8) is 0 Å². The largest absolute Gasteiger partial charge is 0.494 e. The van der Waals surface area contributed by atoms with Crippen LogP contribution in [0.5, 0.6) is 5.75 Å². The van der Waals surface area contributed by atoms with Crippen molar-refractivity contribution in [3.8, 4) is 5.75 Å². The van der Waals surface area contributed by atoms with Crippen molar-refractivity contribution < 1.29 is 9.53 Å². The number of benzene rings is 2. The summed E-state index contributed by atoms with van der Waals surface area (Å²) in [5.74, 6) is 2.25. The molecule has 1 amide bonds. The Morgan fingerprint density at radius 2 is 1.90 bits per heavy atom. The van der Waals surface area contributed by atoms with Gasteiger partial charge in [0.15, 0.2) is 0 Å². The van der Waals surface area contributed by atoms with Gasteiger partial charge in [0.25, 0.3) is 0 Å². The average Bonchev–Trinajstić information content (AvgIpc) is 3.25. The molecule has 2 aromatic carbocycles. The number of amides is 1. The lowest BCUT2D eigenvalue weighted by atomic mass is 10.1. The monoisotopic (exact) mass is 425 g/mol. The van der Waals surface area contributed by atoms with E-state index in [1.807, 2.05) is 51.2 Å². The number of aromatic nitrogens is 2. The van der Waals surface area contributed by atoms with Crippen molar-refractivity contribution in [1.82, 2.24) is 14.5 Å². The zero-order valence-corrected chi connectivity index (χ0v) is 18.6. The number of carbonyl (C=O) groups is 1. The second kappa shape index (κ2) is 8.68. The third kappa shape index (κ3) is 4.17. The predicted octanol–water partition coefficient (Wildman–Crippen LogP) is 5.11. The first-order chi connectivity index (χ1) is 14.4. The van der Waals surface area contributed by atoms with Gasteiger partial charge in [-0.1, -0.05) is 23.7 Å². The number of para-hydroxylation sites is 2. The first-order valence-electron chi connectivity index (χ1n) is 10.5. The zero-order valence-electron chi connectivity index (χ0n) is 17.8. The number of carbonyl (C=O) groups excluding carboxylic acids is 1.